The number of carbonyl (C=O) groups is 1. The van der Waals surface area contributed by atoms with Crippen LogP contribution in [0.15, 0.2) is 18.2 Å². The molecule has 0 spiro atoms. The minimum atomic E-state index is -0.979. The number of anilines is 1. The molecule has 0 amide bonds. The van der Waals surface area contributed by atoms with Gasteiger partial charge in [-0.05, 0) is 45.0 Å². The molecule has 1 N–H and O–H groups in total. The monoisotopic (exact) mass is 277 g/mol. The molecule has 2 rings (SSSR count). The van der Waals surface area contributed by atoms with Crippen molar-refractivity contribution in [2.45, 2.75) is 31.7 Å². The van der Waals surface area contributed by atoms with Crippen LogP contribution >= 0.6 is 0 Å². The van der Waals surface area contributed by atoms with Gasteiger partial charge in [-0.3, -0.25) is 0 Å². The highest BCUT2D eigenvalue weighted by molar-refractivity contribution is 5.85. The number of carboxylic acid groups (broad SMARTS) is 1. The Hall–Kier alpha value is -1.62. The third kappa shape index (κ3) is 3.70. The fraction of sp³-hybridized carbons (Fsp3) is 0.600. The van der Waals surface area contributed by atoms with E-state index >= 15 is 0 Å². The van der Waals surface area contributed by atoms with Gasteiger partial charge in [0.05, 0.1) is 0 Å². The van der Waals surface area contributed by atoms with Crippen LogP contribution in [0.5, 0.6) is 0 Å². The van der Waals surface area contributed by atoms with E-state index in [4.69, 9.17) is 5.11 Å². The summed E-state index contributed by atoms with van der Waals surface area (Å²) in [6.07, 6.45) is 4.95. The maximum atomic E-state index is 10.9. The SMILES string of the molecule is CN(CCC1CCCCN1C)c1cccc(C(=O)O)n1. The lowest BCUT2D eigenvalue weighted by Crippen LogP contribution is -2.38. The first-order chi connectivity index (χ1) is 9.58. The number of nitrogens with zero attached hydrogens (tertiary/aromatic N) is 3. The van der Waals surface area contributed by atoms with Crippen molar-refractivity contribution in [3.63, 3.8) is 0 Å². The Morgan fingerprint density at radius 1 is 1.50 bits per heavy atom. The minimum Gasteiger partial charge on any atom is -0.477 e. The Balaban J connectivity index is 1.92. The molecule has 1 fully saturated rings. The van der Waals surface area contributed by atoms with Crippen LogP contribution in [0.1, 0.15) is 36.2 Å². The van der Waals surface area contributed by atoms with Gasteiger partial charge in [0, 0.05) is 19.6 Å². The highest BCUT2D eigenvalue weighted by Crippen LogP contribution is 2.19. The summed E-state index contributed by atoms with van der Waals surface area (Å²) >= 11 is 0. The van der Waals surface area contributed by atoms with E-state index < -0.39 is 5.97 Å². The Kier molecular flexibility index (Phi) is 4.95. The zero-order valence-electron chi connectivity index (χ0n) is 12.2. The van der Waals surface area contributed by atoms with Crippen LogP contribution in [0.25, 0.3) is 0 Å². The Labute approximate surface area is 120 Å². The van der Waals surface area contributed by atoms with Gasteiger partial charge in [-0.25, -0.2) is 9.78 Å². The normalized spacial score (nSPS) is 19.8. The van der Waals surface area contributed by atoms with Gasteiger partial charge >= 0.3 is 5.97 Å². The van der Waals surface area contributed by atoms with Gasteiger partial charge in [0.2, 0.25) is 0 Å². The molecule has 20 heavy (non-hydrogen) atoms. The highest BCUT2D eigenvalue weighted by atomic mass is 16.4. The van der Waals surface area contributed by atoms with Crippen molar-refractivity contribution in [1.82, 2.24) is 9.88 Å². The first kappa shape index (κ1) is 14.8. The maximum absolute atomic E-state index is 10.9. The topological polar surface area (TPSA) is 56.7 Å². The number of aromatic nitrogens is 1. The van der Waals surface area contributed by atoms with Crippen molar-refractivity contribution in [2.75, 3.05) is 32.1 Å². The van der Waals surface area contributed by atoms with E-state index in [0.717, 1.165) is 18.8 Å². The van der Waals surface area contributed by atoms with Gasteiger partial charge in [-0.15, -0.1) is 0 Å². The standard InChI is InChI=1S/C15H23N3O2/c1-17-10-4-3-6-12(17)9-11-18(2)14-8-5-7-13(16-14)15(19)20/h5,7-8,12H,3-4,6,9-11H2,1-2H3,(H,19,20). The average molecular weight is 277 g/mol. The number of carboxylic acids is 1. The lowest BCUT2D eigenvalue weighted by Gasteiger charge is -2.33. The second-order valence-corrected chi connectivity index (χ2v) is 5.53. The number of rotatable bonds is 5. The summed E-state index contributed by atoms with van der Waals surface area (Å²) in [6, 6.07) is 5.76. The molecule has 1 aliphatic heterocycles. The van der Waals surface area contributed by atoms with Crippen LogP contribution in [0.3, 0.4) is 0 Å². The van der Waals surface area contributed by atoms with E-state index in [1.807, 2.05) is 18.0 Å². The van der Waals surface area contributed by atoms with E-state index in [-0.39, 0.29) is 5.69 Å². The molecule has 1 aromatic rings. The lowest BCUT2D eigenvalue weighted by atomic mass is 10.00. The summed E-state index contributed by atoms with van der Waals surface area (Å²) in [6.45, 7) is 2.08. The molecule has 2 heterocycles. The number of aromatic carboxylic acids is 1. The van der Waals surface area contributed by atoms with Gasteiger partial charge in [0.15, 0.2) is 5.69 Å². The summed E-state index contributed by atoms with van der Waals surface area (Å²) in [4.78, 5) is 19.6. The average Bonchev–Trinajstić information content (AvgIpc) is 2.46. The number of piperidine rings is 1. The molecule has 110 valence electrons. The number of likely N-dealkylation sites (tertiary alicyclic amines) is 1. The van der Waals surface area contributed by atoms with Crippen molar-refractivity contribution < 1.29 is 9.90 Å². The van der Waals surface area contributed by atoms with E-state index in [1.54, 1.807) is 6.07 Å². The lowest BCUT2D eigenvalue weighted by molar-refractivity contribution is 0.0690. The van der Waals surface area contributed by atoms with Crippen molar-refractivity contribution in [1.29, 1.82) is 0 Å². The Bertz CT molecular complexity index is 464. The van der Waals surface area contributed by atoms with Crippen molar-refractivity contribution in [3.8, 4) is 0 Å². The van der Waals surface area contributed by atoms with Gasteiger partial charge in [-0.1, -0.05) is 12.5 Å². The fourth-order valence-electron chi connectivity index (χ4n) is 2.72. The van der Waals surface area contributed by atoms with Gasteiger partial charge in [-0.2, -0.15) is 0 Å². The van der Waals surface area contributed by atoms with E-state index in [1.165, 1.54) is 31.9 Å². The molecule has 1 aliphatic rings. The maximum Gasteiger partial charge on any atom is 0.354 e. The van der Waals surface area contributed by atoms with Crippen molar-refractivity contribution in [2.24, 2.45) is 0 Å². The summed E-state index contributed by atoms with van der Waals surface area (Å²) in [5, 5.41) is 8.97. The molecule has 0 aromatic carbocycles. The zero-order chi connectivity index (χ0) is 14.5. The van der Waals surface area contributed by atoms with Crippen molar-refractivity contribution in [3.05, 3.63) is 23.9 Å². The Morgan fingerprint density at radius 2 is 2.30 bits per heavy atom. The van der Waals surface area contributed by atoms with E-state index in [2.05, 4.69) is 16.9 Å². The van der Waals surface area contributed by atoms with E-state index in [9.17, 15) is 4.79 Å². The van der Waals surface area contributed by atoms with Gasteiger partial charge < -0.3 is 14.9 Å². The van der Waals surface area contributed by atoms with Crippen LogP contribution in [-0.2, 0) is 0 Å². The third-order valence-electron chi connectivity index (χ3n) is 4.06. The van der Waals surface area contributed by atoms with Crippen LogP contribution < -0.4 is 4.90 Å². The molecule has 0 bridgehead atoms. The van der Waals surface area contributed by atoms with Crippen LogP contribution in [0.4, 0.5) is 5.82 Å². The molecule has 1 aromatic heterocycles. The van der Waals surface area contributed by atoms with Crippen LogP contribution in [0, 0.1) is 0 Å². The molecule has 5 heteroatoms. The molecule has 1 atom stereocenters. The molecular formula is C15H23N3O2. The highest BCUT2D eigenvalue weighted by Gasteiger charge is 2.19. The van der Waals surface area contributed by atoms with Crippen LogP contribution in [-0.4, -0.2) is 54.2 Å². The van der Waals surface area contributed by atoms with Gasteiger partial charge in [0.1, 0.15) is 5.82 Å². The largest absolute Gasteiger partial charge is 0.477 e. The van der Waals surface area contributed by atoms with Gasteiger partial charge in [0.25, 0.3) is 0 Å². The number of hydrogen-bond donors (Lipinski definition) is 1. The molecule has 1 saturated heterocycles. The number of pyridine rings is 1. The quantitative estimate of drug-likeness (QED) is 0.893. The van der Waals surface area contributed by atoms with E-state index in [0.29, 0.717) is 6.04 Å². The molecule has 0 aliphatic carbocycles. The summed E-state index contributed by atoms with van der Waals surface area (Å²) in [5.74, 6) is -0.254. The molecule has 1 unspecified atom stereocenters. The fourth-order valence-corrected chi connectivity index (χ4v) is 2.72. The zero-order valence-corrected chi connectivity index (χ0v) is 12.2. The third-order valence-corrected chi connectivity index (χ3v) is 4.06. The second-order valence-electron chi connectivity index (χ2n) is 5.53. The van der Waals surface area contributed by atoms with Crippen molar-refractivity contribution >= 4 is 11.8 Å². The molecule has 0 radical (unpaired) electrons. The summed E-state index contributed by atoms with van der Waals surface area (Å²) in [7, 11) is 4.16. The molecule has 0 saturated carbocycles. The predicted octanol–water partition coefficient (Wildman–Crippen LogP) is 2.09. The summed E-state index contributed by atoms with van der Waals surface area (Å²) in [5.41, 5.74) is 0.101. The summed E-state index contributed by atoms with van der Waals surface area (Å²) < 4.78 is 0. The molecule has 5 nitrogen and oxygen atoms in total. The first-order valence-electron chi connectivity index (χ1n) is 7.19. The second kappa shape index (κ2) is 6.70. The first-order valence-corrected chi connectivity index (χ1v) is 7.19. The van der Waals surface area contributed by atoms with Crippen LogP contribution in [0.2, 0.25) is 0 Å². The molecular weight excluding hydrogens is 254 g/mol. The predicted molar refractivity (Wildman–Crippen MR) is 79.4 cm³/mol. The Morgan fingerprint density at radius 3 is 3.00 bits per heavy atom. The minimum absolute atomic E-state index is 0.101. The smallest absolute Gasteiger partial charge is 0.354 e. The number of hydrogen-bond acceptors (Lipinski definition) is 4.